The highest BCUT2D eigenvalue weighted by Crippen LogP contribution is 2.27. The van der Waals surface area contributed by atoms with Gasteiger partial charge in [-0.25, -0.2) is 0 Å². The van der Waals surface area contributed by atoms with Crippen LogP contribution in [0, 0.1) is 0 Å². The zero-order chi connectivity index (χ0) is 23.8. The van der Waals surface area contributed by atoms with Crippen LogP contribution >= 0.6 is 0 Å². The molecule has 0 aliphatic carbocycles. The normalized spacial score (nSPS) is 14.6. The van der Waals surface area contributed by atoms with Crippen LogP contribution in [0.4, 0.5) is 0 Å². The lowest BCUT2D eigenvalue weighted by atomic mass is 9.92. The van der Waals surface area contributed by atoms with Gasteiger partial charge >= 0.3 is 0 Å². The molecule has 0 atom stereocenters. The van der Waals surface area contributed by atoms with Crippen LogP contribution in [0.5, 0.6) is 11.5 Å². The van der Waals surface area contributed by atoms with E-state index in [4.69, 9.17) is 4.74 Å². The molecule has 0 unspecified atom stereocenters. The summed E-state index contributed by atoms with van der Waals surface area (Å²) in [5.74, 6) is 1.85. The molecule has 0 bridgehead atoms. The summed E-state index contributed by atoms with van der Waals surface area (Å²) in [6.07, 6.45) is 4.14. The Labute approximate surface area is 202 Å². The Kier molecular flexibility index (Phi) is 8.28. The van der Waals surface area contributed by atoms with Gasteiger partial charge in [-0.05, 0) is 81.0 Å². The van der Waals surface area contributed by atoms with E-state index in [1.807, 2.05) is 74.9 Å². The summed E-state index contributed by atoms with van der Waals surface area (Å²) in [6, 6.07) is 21.1. The number of likely N-dealkylation sites (tertiary alicyclic amines) is 1. The summed E-state index contributed by atoms with van der Waals surface area (Å²) in [5, 5.41) is 3.23. The molecule has 178 valence electrons. The van der Waals surface area contributed by atoms with Gasteiger partial charge in [0.05, 0.1) is 0 Å². The van der Waals surface area contributed by atoms with Gasteiger partial charge in [-0.3, -0.25) is 9.78 Å². The standard InChI is InChI=1S/C28H34N4O2/c1-29-15-18-32-16-12-23(13-17-32)27-19-22(11-14-30-27)21-31(2)28(33)24-7-6-10-26(20-24)34-25-8-4-3-5-9-25/h3-11,14,19-20,23,29H,12-13,15-18,21H2,1-2H3. The monoisotopic (exact) mass is 458 g/mol. The highest BCUT2D eigenvalue weighted by Gasteiger charge is 2.22. The highest BCUT2D eigenvalue weighted by molar-refractivity contribution is 5.94. The van der Waals surface area contributed by atoms with Gasteiger partial charge in [-0.1, -0.05) is 24.3 Å². The van der Waals surface area contributed by atoms with Crippen LogP contribution in [0.3, 0.4) is 0 Å². The fourth-order valence-electron chi connectivity index (χ4n) is 4.42. The molecule has 1 N–H and O–H groups in total. The summed E-state index contributed by atoms with van der Waals surface area (Å²) >= 11 is 0. The minimum absolute atomic E-state index is 0.0327. The number of aromatic nitrogens is 1. The Balaban J connectivity index is 1.36. The number of hydrogen-bond acceptors (Lipinski definition) is 5. The van der Waals surface area contributed by atoms with Crippen molar-refractivity contribution in [1.82, 2.24) is 20.1 Å². The van der Waals surface area contributed by atoms with Gasteiger partial charge in [0.2, 0.25) is 0 Å². The molecule has 3 aromatic rings. The molecule has 1 saturated heterocycles. The van der Waals surface area contributed by atoms with Crippen LogP contribution in [0.2, 0.25) is 0 Å². The molecule has 0 radical (unpaired) electrons. The van der Waals surface area contributed by atoms with E-state index in [1.165, 1.54) is 0 Å². The van der Waals surface area contributed by atoms with Crippen molar-refractivity contribution in [2.24, 2.45) is 0 Å². The van der Waals surface area contributed by atoms with Crippen LogP contribution < -0.4 is 10.1 Å². The first-order valence-electron chi connectivity index (χ1n) is 12.0. The van der Waals surface area contributed by atoms with Crippen molar-refractivity contribution >= 4 is 5.91 Å². The van der Waals surface area contributed by atoms with Crippen LogP contribution in [0.15, 0.2) is 72.9 Å². The van der Waals surface area contributed by atoms with Gasteiger partial charge < -0.3 is 19.9 Å². The number of para-hydroxylation sites is 1. The Hall–Kier alpha value is -3.22. The molecule has 0 spiro atoms. The van der Waals surface area contributed by atoms with Crippen molar-refractivity contribution in [2.75, 3.05) is 40.3 Å². The molecule has 1 amide bonds. The number of piperidine rings is 1. The number of hydrogen-bond donors (Lipinski definition) is 1. The van der Waals surface area contributed by atoms with Gasteiger partial charge in [-0.15, -0.1) is 0 Å². The van der Waals surface area contributed by atoms with Gasteiger partial charge in [0.15, 0.2) is 0 Å². The van der Waals surface area contributed by atoms with Gasteiger partial charge in [-0.2, -0.15) is 0 Å². The fourth-order valence-corrected chi connectivity index (χ4v) is 4.42. The van der Waals surface area contributed by atoms with Gasteiger partial charge in [0.1, 0.15) is 11.5 Å². The second kappa shape index (κ2) is 11.8. The van der Waals surface area contributed by atoms with Crippen molar-refractivity contribution < 1.29 is 9.53 Å². The number of nitrogens with zero attached hydrogens (tertiary/aromatic N) is 3. The van der Waals surface area contributed by atoms with E-state index in [9.17, 15) is 4.79 Å². The Morgan fingerprint density at radius 3 is 2.59 bits per heavy atom. The summed E-state index contributed by atoms with van der Waals surface area (Å²) in [4.78, 5) is 22.0. The number of amides is 1. The van der Waals surface area contributed by atoms with E-state index >= 15 is 0 Å². The lowest BCUT2D eigenvalue weighted by Gasteiger charge is -2.31. The lowest BCUT2D eigenvalue weighted by Crippen LogP contribution is -2.37. The molecule has 4 rings (SSSR count). The molecule has 1 aliphatic heterocycles. The number of carbonyl (C=O) groups excluding carboxylic acids is 1. The third-order valence-electron chi connectivity index (χ3n) is 6.36. The van der Waals surface area contributed by atoms with E-state index in [0.717, 1.165) is 56.0 Å². The molecular formula is C28H34N4O2. The van der Waals surface area contributed by atoms with E-state index in [0.29, 0.717) is 23.8 Å². The van der Waals surface area contributed by atoms with E-state index < -0.39 is 0 Å². The summed E-state index contributed by atoms with van der Waals surface area (Å²) in [7, 11) is 3.84. The molecule has 6 heteroatoms. The van der Waals surface area contributed by atoms with Crippen LogP contribution in [-0.2, 0) is 6.54 Å². The highest BCUT2D eigenvalue weighted by atomic mass is 16.5. The zero-order valence-corrected chi connectivity index (χ0v) is 20.1. The summed E-state index contributed by atoms with van der Waals surface area (Å²) < 4.78 is 5.89. The molecule has 2 aromatic carbocycles. The van der Waals surface area contributed by atoms with Crippen molar-refractivity contribution in [3.63, 3.8) is 0 Å². The predicted octanol–water partition coefficient (Wildman–Crippen LogP) is 4.54. The maximum Gasteiger partial charge on any atom is 0.254 e. The van der Waals surface area contributed by atoms with E-state index in [1.54, 1.807) is 11.0 Å². The first-order chi connectivity index (χ1) is 16.6. The number of likely N-dealkylation sites (N-methyl/N-ethyl adjacent to an activating group) is 1. The average Bonchev–Trinajstić information content (AvgIpc) is 2.88. The second-order valence-electron chi connectivity index (χ2n) is 8.91. The van der Waals surface area contributed by atoms with Crippen molar-refractivity contribution in [3.8, 4) is 11.5 Å². The first-order valence-corrected chi connectivity index (χ1v) is 12.0. The molecule has 1 fully saturated rings. The second-order valence-corrected chi connectivity index (χ2v) is 8.91. The largest absolute Gasteiger partial charge is 0.457 e. The maximum atomic E-state index is 13.1. The average molecular weight is 459 g/mol. The number of rotatable bonds is 9. The topological polar surface area (TPSA) is 57.7 Å². The number of nitrogens with one attached hydrogen (secondary N) is 1. The quantitative estimate of drug-likeness (QED) is 0.510. The minimum Gasteiger partial charge on any atom is -0.457 e. The predicted molar refractivity (Wildman–Crippen MR) is 135 cm³/mol. The van der Waals surface area contributed by atoms with E-state index in [-0.39, 0.29) is 5.91 Å². The van der Waals surface area contributed by atoms with Crippen LogP contribution in [0.25, 0.3) is 0 Å². The van der Waals surface area contributed by atoms with Crippen molar-refractivity contribution in [2.45, 2.75) is 25.3 Å². The smallest absolute Gasteiger partial charge is 0.254 e. The Morgan fingerprint density at radius 2 is 1.82 bits per heavy atom. The molecule has 1 aliphatic rings. The fraction of sp³-hybridized carbons (Fsp3) is 0.357. The van der Waals surface area contributed by atoms with Crippen molar-refractivity contribution in [3.05, 3.63) is 89.7 Å². The lowest BCUT2D eigenvalue weighted by molar-refractivity contribution is 0.0784. The molecule has 6 nitrogen and oxygen atoms in total. The molecule has 0 saturated carbocycles. The molecule has 2 heterocycles. The van der Waals surface area contributed by atoms with Crippen molar-refractivity contribution in [1.29, 1.82) is 0 Å². The Morgan fingerprint density at radius 1 is 1.06 bits per heavy atom. The summed E-state index contributed by atoms with van der Waals surface area (Å²) in [5.41, 5.74) is 2.86. The van der Waals surface area contributed by atoms with E-state index in [2.05, 4.69) is 21.3 Å². The maximum absolute atomic E-state index is 13.1. The van der Waals surface area contributed by atoms with Crippen LogP contribution in [0.1, 0.15) is 40.4 Å². The van der Waals surface area contributed by atoms with Crippen LogP contribution in [-0.4, -0.2) is 61.0 Å². The first kappa shape index (κ1) is 23.9. The third kappa shape index (κ3) is 6.43. The molecule has 1 aromatic heterocycles. The number of carbonyl (C=O) groups is 1. The number of benzene rings is 2. The molecular weight excluding hydrogens is 424 g/mol. The SMILES string of the molecule is CNCCN1CCC(c2cc(CN(C)C(=O)c3cccc(Oc4ccccc4)c3)ccn2)CC1. The summed E-state index contributed by atoms with van der Waals surface area (Å²) in [6.45, 7) is 4.89. The number of ether oxygens (including phenoxy) is 1. The zero-order valence-electron chi connectivity index (χ0n) is 20.1. The van der Waals surface area contributed by atoms with Gasteiger partial charge in [0, 0.05) is 50.1 Å². The number of pyridine rings is 1. The third-order valence-corrected chi connectivity index (χ3v) is 6.36. The van der Waals surface area contributed by atoms with Gasteiger partial charge in [0.25, 0.3) is 5.91 Å². The minimum atomic E-state index is -0.0327. The Bertz CT molecular complexity index is 1060. The molecule has 34 heavy (non-hydrogen) atoms.